The fourth-order valence-corrected chi connectivity index (χ4v) is 2.80. The Balaban J connectivity index is 1.67. The Labute approximate surface area is 112 Å². The Morgan fingerprint density at radius 2 is 2.26 bits per heavy atom. The van der Waals surface area contributed by atoms with Gasteiger partial charge in [0.1, 0.15) is 5.69 Å². The standard InChI is InChI=1S/C14H17N3O2/c18-13-11-4-2-7-16-12(11)14(19)17(13)8-5-10-3-1-6-15-9-10/h2,4,7,10,15H,1,3,5-6,8-9H2. The summed E-state index contributed by atoms with van der Waals surface area (Å²) >= 11 is 0. The summed E-state index contributed by atoms with van der Waals surface area (Å²) in [4.78, 5) is 29.6. The first-order valence-electron chi connectivity index (χ1n) is 6.79. The number of carbonyl (C=O) groups excluding carboxylic acids is 2. The molecule has 5 nitrogen and oxygen atoms in total. The minimum absolute atomic E-state index is 0.197. The smallest absolute Gasteiger partial charge is 0.280 e. The van der Waals surface area contributed by atoms with Gasteiger partial charge in [-0.15, -0.1) is 0 Å². The van der Waals surface area contributed by atoms with Crippen LogP contribution in [0.25, 0.3) is 0 Å². The molecule has 0 radical (unpaired) electrons. The van der Waals surface area contributed by atoms with Gasteiger partial charge in [0.2, 0.25) is 0 Å². The van der Waals surface area contributed by atoms with E-state index in [1.165, 1.54) is 17.7 Å². The van der Waals surface area contributed by atoms with E-state index in [1.807, 2.05) is 0 Å². The molecular weight excluding hydrogens is 242 g/mol. The third-order valence-electron chi connectivity index (χ3n) is 3.89. The van der Waals surface area contributed by atoms with E-state index in [1.54, 1.807) is 18.3 Å². The minimum atomic E-state index is -0.246. The van der Waals surface area contributed by atoms with Crippen molar-refractivity contribution in [3.05, 3.63) is 29.6 Å². The summed E-state index contributed by atoms with van der Waals surface area (Å²) in [5.41, 5.74) is 0.739. The molecule has 1 saturated heterocycles. The van der Waals surface area contributed by atoms with Crippen molar-refractivity contribution in [2.24, 2.45) is 5.92 Å². The van der Waals surface area contributed by atoms with Crippen LogP contribution in [-0.2, 0) is 0 Å². The predicted octanol–water partition coefficient (Wildman–Crippen LogP) is 1.07. The van der Waals surface area contributed by atoms with Crippen LogP contribution in [0.3, 0.4) is 0 Å². The van der Waals surface area contributed by atoms with Crippen LogP contribution in [0.5, 0.6) is 0 Å². The normalized spacial score (nSPS) is 22.7. The highest BCUT2D eigenvalue weighted by Gasteiger charge is 2.36. The lowest BCUT2D eigenvalue weighted by Gasteiger charge is -2.24. The number of carbonyl (C=O) groups is 2. The molecule has 19 heavy (non-hydrogen) atoms. The SMILES string of the molecule is O=C1c2cccnc2C(=O)N1CCC1CCCNC1. The molecule has 1 unspecified atom stereocenters. The number of fused-ring (bicyclic) bond motifs is 1. The van der Waals surface area contributed by atoms with Crippen LogP contribution in [0.15, 0.2) is 18.3 Å². The van der Waals surface area contributed by atoms with Gasteiger partial charge in [0.25, 0.3) is 11.8 Å². The molecule has 100 valence electrons. The summed E-state index contributed by atoms with van der Waals surface area (Å²) in [6.07, 6.45) is 4.78. The summed E-state index contributed by atoms with van der Waals surface area (Å²) < 4.78 is 0. The van der Waals surface area contributed by atoms with Gasteiger partial charge in [0, 0.05) is 12.7 Å². The molecule has 5 heteroatoms. The number of hydrogen-bond acceptors (Lipinski definition) is 4. The van der Waals surface area contributed by atoms with Crippen molar-refractivity contribution in [2.45, 2.75) is 19.3 Å². The quantitative estimate of drug-likeness (QED) is 0.825. The van der Waals surface area contributed by atoms with Gasteiger partial charge in [-0.25, -0.2) is 0 Å². The van der Waals surface area contributed by atoms with E-state index < -0.39 is 0 Å². The zero-order chi connectivity index (χ0) is 13.2. The molecule has 0 spiro atoms. The van der Waals surface area contributed by atoms with Crippen LogP contribution in [0, 0.1) is 5.92 Å². The fraction of sp³-hybridized carbons (Fsp3) is 0.500. The van der Waals surface area contributed by atoms with Gasteiger partial charge >= 0.3 is 0 Å². The lowest BCUT2D eigenvalue weighted by Crippen LogP contribution is -2.35. The first kappa shape index (κ1) is 12.3. The van der Waals surface area contributed by atoms with Crippen molar-refractivity contribution in [3.8, 4) is 0 Å². The van der Waals surface area contributed by atoms with Crippen molar-refractivity contribution in [1.29, 1.82) is 0 Å². The average Bonchev–Trinajstić information content (AvgIpc) is 2.71. The first-order valence-corrected chi connectivity index (χ1v) is 6.79. The summed E-state index contributed by atoms with van der Waals surface area (Å²) in [5, 5.41) is 3.35. The van der Waals surface area contributed by atoms with Gasteiger partial charge in [-0.3, -0.25) is 19.5 Å². The zero-order valence-electron chi connectivity index (χ0n) is 10.8. The maximum Gasteiger partial charge on any atom is 0.280 e. The van der Waals surface area contributed by atoms with Crippen LogP contribution in [0.2, 0.25) is 0 Å². The molecular formula is C14H17N3O2. The number of nitrogens with zero attached hydrogens (tertiary/aromatic N) is 2. The molecule has 0 aromatic carbocycles. The number of aromatic nitrogens is 1. The van der Waals surface area contributed by atoms with E-state index in [9.17, 15) is 9.59 Å². The van der Waals surface area contributed by atoms with E-state index in [4.69, 9.17) is 0 Å². The predicted molar refractivity (Wildman–Crippen MR) is 69.8 cm³/mol. The molecule has 1 atom stereocenters. The molecule has 2 aliphatic heterocycles. The van der Waals surface area contributed by atoms with Gasteiger partial charge in [0.05, 0.1) is 5.56 Å². The monoisotopic (exact) mass is 259 g/mol. The second-order valence-electron chi connectivity index (χ2n) is 5.16. The van der Waals surface area contributed by atoms with Crippen LogP contribution >= 0.6 is 0 Å². The largest absolute Gasteiger partial charge is 0.316 e. The van der Waals surface area contributed by atoms with E-state index in [0.717, 1.165) is 19.5 Å². The summed E-state index contributed by atoms with van der Waals surface area (Å²) in [5.74, 6) is 0.118. The highest BCUT2D eigenvalue weighted by Crippen LogP contribution is 2.22. The molecule has 1 N–H and O–H groups in total. The van der Waals surface area contributed by atoms with Crippen LogP contribution < -0.4 is 5.32 Å². The molecule has 3 heterocycles. The summed E-state index contributed by atoms with van der Waals surface area (Å²) in [6.45, 7) is 2.56. The van der Waals surface area contributed by atoms with Gasteiger partial charge < -0.3 is 5.32 Å². The Bertz CT molecular complexity index is 474. The number of hydrogen-bond donors (Lipinski definition) is 1. The fourth-order valence-electron chi connectivity index (χ4n) is 2.80. The Morgan fingerprint density at radius 1 is 1.37 bits per heavy atom. The van der Waals surface area contributed by atoms with E-state index in [2.05, 4.69) is 10.3 Å². The Morgan fingerprint density at radius 3 is 3.00 bits per heavy atom. The molecule has 0 aliphatic carbocycles. The Hall–Kier alpha value is -1.75. The number of rotatable bonds is 3. The van der Waals surface area contributed by atoms with Gasteiger partial charge in [-0.2, -0.15) is 0 Å². The minimum Gasteiger partial charge on any atom is -0.316 e. The van der Waals surface area contributed by atoms with Crippen LogP contribution in [-0.4, -0.2) is 41.3 Å². The molecule has 0 bridgehead atoms. The lowest BCUT2D eigenvalue weighted by molar-refractivity contribution is 0.0641. The number of amides is 2. The van der Waals surface area contributed by atoms with Gasteiger partial charge in [0.15, 0.2) is 0 Å². The second-order valence-corrected chi connectivity index (χ2v) is 5.16. The maximum atomic E-state index is 12.1. The number of pyridine rings is 1. The number of piperidine rings is 1. The van der Waals surface area contributed by atoms with Gasteiger partial charge in [-0.05, 0) is 50.4 Å². The molecule has 3 rings (SSSR count). The number of nitrogens with one attached hydrogen (secondary N) is 1. The van der Waals surface area contributed by atoms with Gasteiger partial charge in [-0.1, -0.05) is 0 Å². The third-order valence-corrected chi connectivity index (χ3v) is 3.89. The molecule has 2 amide bonds. The molecule has 0 saturated carbocycles. The Kier molecular flexibility index (Phi) is 3.29. The highest BCUT2D eigenvalue weighted by atomic mass is 16.2. The maximum absolute atomic E-state index is 12.1. The van der Waals surface area contributed by atoms with Crippen molar-refractivity contribution in [3.63, 3.8) is 0 Å². The van der Waals surface area contributed by atoms with Crippen molar-refractivity contribution >= 4 is 11.8 Å². The van der Waals surface area contributed by atoms with E-state index >= 15 is 0 Å². The molecule has 1 aromatic heterocycles. The summed E-state index contributed by atoms with van der Waals surface area (Å²) in [6, 6.07) is 3.36. The van der Waals surface area contributed by atoms with E-state index in [-0.39, 0.29) is 11.8 Å². The topological polar surface area (TPSA) is 62.3 Å². The third kappa shape index (κ3) is 2.26. The molecule has 1 aromatic rings. The van der Waals surface area contributed by atoms with Crippen molar-refractivity contribution < 1.29 is 9.59 Å². The molecule has 2 aliphatic rings. The second kappa shape index (κ2) is 5.09. The van der Waals surface area contributed by atoms with Crippen molar-refractivity contribution in [2.75, 3.05) is 19.6 Å². The van der Waals surface area contributed by atoms with Crippen LogP contribution in [0.4, 0.5) is 0 Å². The highest BCUT2D eigenvalue weighted by molar-refractivity contribution is 6.20. The first-order chi connectivity index (χ1) is 9.27. The molecule has 1 fully saturated rings. The lowest BCUT2D eigenvalue weighted by atomic mass is 9.96. The zero-order valence-corrected chi connectivity index (χ0v) is 10.8. The van der Waals surface area contributed by atoms with Crippen LogP contribution in [0.1, 0.15) is 40.1 Å². The number of imide groups is 1. The average molecular weight is 259 g/mol. The van der Waals surface area contributed by atoms with E-state index in [0.29, 0.717) is 23.7 Å². The summed E-state index contributed by atoms with van der Waals surface area (Å²) in [7, 11) is 0. The van der Waals surface area contributed by atoms with Crippen molar-refractivity contribution in [1.82, 2.24) is 15.2 Å².